The van der Waals surface area contributed by atoms with E-state index in [2.05, 4.69) is 78.6 Å². The van der Waals surface area contributed by atoms with Gasteiger partial charge in [-0.15, -0.1) is 24.0 Å². The molecule has 6 heteroatoms. The highest BCUT2D eigenvalue weighted by Gasteiger charge is 2.20. The van der Waals surface area contributed by atoms with E-state index in [0.29, 0.717) is 12.0 Å². The van der Waals surface area contributed by atoms with Crippen molar-refractivity contribution < 1.29 is 0 Å². The molecule has 0 aromatic heterocycles. The van der Waals surface area contributed by atoms with Gasteiger partial charge >= 0.3 is 0 Å². The van der Waals surface area contributed by atoms with Crippen molar-refractivity contribution in [2.45, 2.75) is 46.2 Å². The Kier molecular flexibility index (Phi) is 12.7. The highest BCUT2D eigenvalue weighted by molar-refractivity contribution is 14.0. The highest BCUT2D eigenvalue weighted by Crippen LogP contribution is 2.15. The van der Waals surface area contributed by atoms with Gasteiger partial charge in [-0.25, -0.2) is 0 Å². The van der Waals surface area contributed by atoms with Crippen LogP contribution in [0.15, 0.2) is 35.3 Å². The third kappa shape index (κ3) is 9.09. The predicted molar refractivity (Wildman–Crippen MR) is 132 cm³/mol. The Morgan fingerprint density at radius 2 is 2.00 bits per heavy atom. The molecule has 1 fully saturated rings. The van der Waals surface area contributed by atoms with E-state index in [1.54, 1.807) is 0 Å². The molecule has 2 atom stereocenters. The minimum Gasteiger partial charge on any atom is -0.357 e. The summed E-state index contributed by atoms with van der Waals surface area (Å²) >= 11 is 0. The Morgan fingerprint density at radius 3 is 2.64 bits per heavy atom. The number of likely N-dealkylation sites (tertiary alicyclic amines) is 1. The number of aliphatic imine (C=N–C) groups is 1. The Labute approximate surface area is 189 Å². The third-order valence-corrected chi connectivity index (χ3v) is 5.55. The lowest BCUT2D eigenvalue weighted by molar-refractivity contribution is 0.238. The zero-order valence-electron chi connectivity index (χ0n) is 18.2. The van der Waals surface area contributed by atoms with Crippen molar-refractivity contribution in [1.29, 1.82) is 0 Å². The summed E-state index contributed by atoms with van der Waals surface area (Å²) in [6.07, 6.45) is 2.37. The zero-order valence-corrected chi connectivity index (χ0v) is 20.5. The second-order valence-corrected chi connectivity index (χ2v) is 7.73. The van der Waals surface area contributed by atoms with E-state index in [9.17, 15) is 0 Å². The first-order valence-corrected chi connectivity index (χ1v) is 10.6. The maximum Gasteiger partial charge on any atom is 0.191 e. The summed E-state index contributed by atoms with van der Waals surface area (Å²) in [5.74, 6) is 1.67. The van der Waals surface area contributed by atoms with Gasteiger partial charge < -0.3 is 15.5 Å². The van der Waals surface area contributed by atoms with Gasteiger partial charge in [-0.05, 0) is 58.3 Å². The van der Waals surface area contributed by atoms with Gasteiger partial charge in [0, 0.05) is 38.8 Å². The fourth-order valence-electron chi connectivity index (χ4n) is 3.56. The second kappa shape index (κ2) is 14.2. The first kappa shape index (κ1) is 25.2. The van der Waals surface area contributed by atoms with Gasteiger partial charge in [-0.3, -0.25) is 9.89 Å². The van der Waals surface area contributed by atoms with Gasteiger partial charge in [0.1, 0.15) is 0 Å². The van der Waals surface area contributed by atoms with Crippen LogP contribution < -0.4 is 10.6 Å². The summed E-state index contributed by atoms with van der Waals surface area (Å²) < 4.78 is 0. The van der Waals surface area contributed by atoms with E-state index >= 15 is 0 Å². The Hall–Kier alpha value is -0.860. The lowest BCUT2D eigenvalue weighted by atomic mass is 10.1. The van der Waals surface area contributed by atoms with Crippen molar-refractivity contribution in [3.05, 3.63) is 35.9 Å². The molecule has 0 bridgehead atoms. The monoisotopic (exact) mass is 501 g/mol. The zero-order chi connectivity index (χ0) is 19.5. The van der Waals surface area contributed by atoms with Crippen LogP contribution in [-0.2, 0) is 6.54 Å². The Balaban J connectivity index is 0.00000392. The quantitative estimate of drug-likeness (QED) is 0.293. The molecule has 1 saturated heterocycles. The molecule has 28 heavy (non-hydrogen) atoms. The average molecular weight is 502 g/mol. The van der Waals surface area contributed by atoms with Crippen LogP contribution >= 0.6 is 24.0 Å². The van der Waals surface area contributed by atoms with E-state index < -0.39 is 0 Å². The number of hydrogen-bond acceptors (Lipinski definition) is 3. The van der Waals surface area contributed by atoms with Gasteiger partial charge in [0.05, 0.1) is 0 Å². The molecular weight excluding hydrogens is 461 g/mol. The first-order valence-electron chi connectivity index (χ1n) is 10.6. The topological polar surface area (TPSA) is 42.9 Å². The molecule has 1 aromatic rings. The van der Waals surface area contributed by atoms with Crippen LogP contribution in [0.4, 0.5) is 0 Å². The molecule has 0 radical (unpaired) electrons. The van der Waals surface area contributed by atoms with Crippen LogP contribution in [0.2, 0.25) is 0 Å². The molecule has 160 valence electrons. The summed E-state index contributed by atoms with van der Waals surface area (Å²) in [4.78, 5) is 9.76. The molecule has 2 rings (SSSR count). The van der Waals surface area contributed by atoms with Crippen LogP contribution in [-0.4, -0.2) is 68.1 Å². The fourth-order valence-corrected chi connectivity index (χ4v) is 3.56. The van der Waals surface area contributed by atoms with Crippen LogP contribution in [0.3, 0.4) is 0 Å². The summed E-state index contributed by atoms with van der Waals surface area (Å²) in [5.41, 5.74) is 1.37. The SMILES string of the molecule is CCNC(=NCC1CCN(CC)C1)NCCC(C)N(C)Cc1ccccc1.I. The van der Waals surface area contributed by atoms with E-state index in [4.69, 9.17) is 4.99 Å². The molecule has 1 aliphatic heterocycles. The number of nitrogens with one attached hydrogen (secondary N) is 2. The molecule has 1 heterocycles. The first-order chi connectivity index (χ1) is 13.1. The van der Waals surface area contributed by atoms with Crippen LogP contribution in [0.25, 0.3) is 0 Å². The van der Waals surface area contributed by atoms with Crippen LogP contribution in [0, 0.1) is 5.92 Å². The fraction of sp³-hybridized carbons (Fsp3) is 0.682. The van der Waals surface area contributed by atoms with Crippen LogP contribution in [0.1, 0.15) is 39.2 Å². The maximum absolute atomic E-state index is 4.83. The van der Waals surface area contributed by atoms with Crippen molar-refractivity contribution >= 4 is 29.9 Å². The van der Waals surface area contributed by atoms with Gasteiger partial charge in [-0.1, -0.05) is 37.3 Å². The van der Waals surface area contributed by atoms with Crippen molar-refractivity contribution in [1.82, 2.24) is 20.4 Å². The predicted octanol–water partition coefficient (Wildman–Crippen LogP) is 3.41. The van der Waals surface area contributed by atoms with Crippen molar-refractivity contribution in [2.75, 3.05) is 46.3 Å². The van der Waals surface area contributed by atoms with E-state index in [1.807, 2.05) is 0 Å². The van der Waals surface area contributed by atoms with Crippen molar-refractivity contribution in [3.63, 3.8) is 0 Å². The highest BCUT2D eigenvalue weighted by atomic mass is 127. The molecule has 0 amide bonds. The molecule has 1 aliphatic rings. The molecule has 2 unspecified atom stereocenters. The third-order valence-electron chi connectivity index (χ3n) is 5.55. The molecule has 0 spiro atoms. The number of benzene rings is 1. The maximum atomic E-state index is 4.83. The molecule has 2 N–H and O–H groups in total. The average Bonchev–Trinajstić information content (AvgIpc) is 3.15. The number of rotatable bonds is 10. The Morgan fingerprint density at radius 1 is 1.25 bits per heavy atom. The van der Waals surface area contributed by atoms with Crippen molar-refractivity contribution in [2.24, 2.45) is 10.9 Å². The minimum absolute atomic E-state index is 0. The molecule has 1 aromatic carbocycles. The summed E-state index contributed by atoms with van der Waals surface area (Å²) in [6, 6.07) is 11.2. The minimum atomic E-state index is 0. The van der Waals surface area contributed by atoms with Crippen molar-refractivity contribution in [3.8, 4) is 0 Å². The molecular formula is C22H40IN5. The number of nitrogens with zero attached hydrogens (tertiary/aromatic N) is 3. The number of guanidine groups is 1. The van der Waals surface area contributed by atoms with E-state index in [0.717, 1.165) is 45.1 Å². The smallest absolute Gasteiger partial charge is 0.191 e. The molecule has 0 saturated carbocycles. The standard InChI is InChI=1S/C22H39N5.HI/c1-5-23-22(25-16-21-13-15-27(6-2)18-21)24-14-12-19(3)26(4)17-20-10-8-7-9-11-20;/h7-11,19,21H,5-6,12-18H2,1-4H3,(H2,23,24,25);1H. The summed E-state index contributed by atoms with van der Waals surface area (Å²) in [6.45, 7) is 14.0. The van der Waals surface area contributed by atoms with Gasteiger partial charge in [0.15, 0.2) is 5.96 Å². The number of halogens is 1. The summed E-state index contributed by atoms with van der Waals surface area (Å²) in [7, 11) is 2.20. The van der Waals surface area contributed by atoms with E-state index in [-0.39, 0.29) is 24.0 Å². The normalized spacial score (nSPS) is 18.8. The van der Waals surface area contributed by atoms with Crippen LogP contribution in [0.5, 0.6) is 0 Å². The second-order valence-electron chi connectivity index (χ2n) is 7.73. The Bertz CT molecular complexity index is 551. The number of hydrogen-bond donors (Lipinski definition) is 2. The molecule has 5 nitrogen and oxygen atoms in total. The van der Waals surface area contributed by atoms with Gasteiger partial charge in [0.25, 0.3) is 0 Å². The largest absolute Gasteiger partial charge is 0.357 e. The lowest BCUT2D eigenvalue weighted by Crippen LogP contribution is -2.40. The lowest BCUT2D eigenvalue weighted by Gasteiger charge is -2.25. The summed E-state index contributed by atoms with van der Waals surface area (Å²) in [5, 5.41) is 6.90. The van der Waals surface area contributed by atoms with Gasteiger partial charge in [-0.2, -0.15) is 0 Å². The molecule has 0 aliphatic carbocycles. The van der Waals surface area contributed by atoms with E-state index in [1.165, 1.54) is 25.1 Å². The van der Waals surface area contributed by atoms with Gasteiger partial charge in [0.2, 0.25) is 0 Å².